The van der Waals surface area contributed by atoms with Gasteiger partial charge in [0.25, 0.3) is 0 Å². The zero-order valence-electron chi connectivity index (χ0n) is 13.9. The summed E-state index contributed by atoms with van der Waals surface area (Å²) in [6.07, 6.45) is 23.8. The van der Waals surface area contributed by atoms with Crippen LogP contribution in [-0.2, 0) is 10.8 Å². The first-order valence-corrected chi connectivity index (χ1v) is 10.4. The van der Waals surface area contributed by atoms with Crippen LogP contribution in [0.25, 0.3) is 0 Å². The van der Waals surface area contributed by atoms with Gasteiger partial charge in [0.1, 0.15) is 0 Å². The molecule has 0 bridgehead atoms. The van der Waals surface area contributed by atoms with E-state index in [2.05, 4.69) is 19.1 Å². The van der Waals surface area contributed by atoms with Crippen LogP contribution in [0.15, 0.2) is 12.2 Å². The summed E-state index contributed by atoms with van der Waals surface area (Å²) in [5.41, 5.74) is 0. The first kappa shape index (κ1) is 19.9. The molecule has 0 aromatic rings. The van der Waals surface area contributed by atoms with Crippen LogP contribution >= 0.6 is 0 Å². The van der Waals surface area contributed by atoms with Crippen LogP contribution in [-0.4, -0.2) is 16.2 Å². The van der Waals surface area contributed by atoms with Crippen LogP contribution in [0.1, 0.15) is 90.4 Å². The molecule has 0 heterocycles. The van der Waals surface area contributed by atoms with Gasteiger partial charge in [-0.05, 0) is 32.1 Å². The molecule has 20 heavy (non-hydrogen) atoms. The fraction of sp³-hybridized carbons (Fsp3) is 0.889. The highest BCUT2D eigenvalue weighted by molar-refractivity contribution is 7.84. The predicted molar refractivity (Wildman–Crippen MR) is 93.8 cm³/mol. The van der Waals surface area contributed by atoms with Crippen LogP contribution in [0.4, 0.5) is 0 Å². The monoisotopic (exact) mass is 300 g/mol. The lowest BCUT2D eigenvalue weighted by Gasteiger charge is -1.99. The molecule has 0 aliphatic carbocycles. The maximum Gasteiger partial charge on any atom is 0.0232 e. The van der Waals surface area contributed by atoms with E-state index in [9.17, 15) is 4.21 Å². The molecule has 1 unspecified atom stereocenters. The van der Waals surface area contributed by atoms with Gasteiger partial charge in [-0.25, -0.2) is 0 Å². The van der Waals surface area contributed by atoms with Gasteiger partial charge < -0.3 is 0 Å². The fourth-order valence-electron chi connectivity index (χ4n) is 2.38. The lowest BCUT2D eigenvalue weighted by atomic mass is 10.1. The molecular formula is C18H36OS. The summed E-state index contributed by atoms with van der Waals surface area (Å²) < 4.78 is 10.9. The molecule has 0 rings (SSSR count). The van der Waals surface area contributed by atoms with Crippen molar-refractivity contribution in [3.8, 4) is 0 Å². The van der Waals surface area contributed by atoms with Gasteiger partial charge in [-0.2, -0.15) is 0 Å². The van der Waals surface area contributed by atoms with Crippen LogP contribution < -0.4 is 0 Å². The maximum atomic E-state index is 10.9. The fourth-order valence-corrected chi connectivity index (χ4v) is 2.99. The van der Waals surface area contributed by atoms with Crippen molar-refractivity contribution >= 4 is 10.8 Å². The van der Waals surface area contributed by atoms with E-state index >= 15 is 0 Å². The molecule has 0 fully saturated rings. The van der Waals surface area contributed by atoms with Crippen LogP contribution in [0.3, 0.4) is 0 Å². The van der Waals surface area contributed by atoms with Crippen LogP contribution in [0.2, 0.25) is 0 Å². The molecule has 0 aliphatic rings. The first-order valence-electron chi connectivity index (χ1n) is 8.72. The number of hydrogen-bond acceptors (Lipinski definition) is 1. The Morgan fingerprint density at radius 3 is 1.65 bits per heavy atom. The highest BCUT2D eigenvalue weighted by atomic mass is 32.2. The minimum atomic E-state index is -0.594. The van der Waals surface area contributed by atoms with E-state index in [1.54, 1.807) is 6.26 Å². The second-order valence-electron chi connectivity index (χ2n) is 5.86. The topological polar surface area (TPSA) is 17.1 Å². The molecule has 1 atom stereocenters. The third-order valence-corrected chi connectivity index (χ3v) is 4.56. The van der Waals surface area contributed by atoms with Gasteiger partial charge in [0.15, 0.2) is 0 Å². The summed E-state index contributed by atoms with van der Waals surface area (Å²) in [4.78, 5) is 0. The summed E-state index contributed by atoms with van der Waals surface area (Å²) in [6, 6.07) is 0. The van der Waals surface area contributed by atoms with Crippen molar-refractivity contribution in [1.29, 1.82) is 0 Å². The zero-order valence-corrected chi connectivity index (χ0v) is 14.7. The Hall–Kier alpha value is -0.110. The first-order chi connectivity index (χ1) is 9.77. The molecule has 120 valence electrons. The smallest absolute Gasteiger partial charge is 0.0232 e. The highest BCUT2D eigenvalue weighted by Gasteiger charge is 1.92. The Morgan fingerprint density at radius 1 is 0.700 bits per heavy atom. The standard InChI is InChI=1S/C18H36OS/c1-3-4-5-6-7-8-9-10-11-12-13-14-15-16-17-18-20(2)19/h10-11H,3-9,12-18H2,1-2H3/b11-10-. The second kappa shape index (κ2) is 16.9. The number of rotatable bonds is 15. The zero-order chi connectivity index (χ0) is 14.9. The van der Waals surface area contributed by atoms with Crippen molar-refractivity contribution in [1.82, 2.24) is 0 Å². The van der Waals surface area contributed by atoms with Crippen LogP contribution in [0.5, 0.6) is 0 Å². The second-order valence-corrected chi connectivity index (χ2v) is 7.42. The van der Waals surface area contributed by atoms with Crippen molar-refractivity contribution < 1.29 is 4.21 Å². The molecule has 0 saturated carbocycles. The molecule has 0 amide bonds. The number of hydrogen-bond donors (Lipinski definition) is 0. The van der Waals surface area contributed by atoms with Crippen molar-refractivity contribution in [2.24, 2.45) is 0 Å². The van der Waals surface area contributed by atoms with E-state index < -0.39 is 10.8 Å². The molecule has 1 nitrogen and oxygen atoms in total. The average molecular weight is 301 g/mol. The lowest BCUT2D eigenvalue weighted by Crippen LogP contribution is -1.93. The van der Waals surface area contributed by atoms with Gasteiger partial charge in [-0.1, -0.05) is 70.4 Å². The Balaban J connectivity index is 3.07. The molecular weight excluding hydrogens is 264 g/mol. The van der Waals surface area contributed by atoms with Gasteiger partial charge >= 0.3 is 0 Å². The molecule has 2 heteroatoms. The van der Waals surface area contributed by atoms with Gasteiger partial charge in [0.2, 0.25) is 0 Å². The Morgan fingerprint density at radius 2 is 1.15 bits per heavy atom. The SMILES string of the molecule is CCCCCCCC/C=C\CCCCCCCS(C)=O. The molecule has 0 saturated heterocycles. The quantitative estimate of drug-likeness (QED) is 0.267. The van der Waals surface area contributed by atoms with E-state index in [-0.39, 0.29) is 0 Å². The van der Waals surface area contributed by atoms with Crippen molar-refractivity contribution in [3.63, 3.8) is 0 Å². The normalized spacial score (nSPS) is 13.1. The van der Waals surface area contributed by atoms with Gasteiger partial charge in [0, 0.05) is 22.8 Å². The average Bonchev–Trinajstić information content (AvgIpc) is 2.43. The van der Waals surface area contributed by atoms with Crippen molar-refractivity contribution in [2.45, 2.75) is 90.4 Å². The van der Waals surface area contributed by atoms with Crippen LogP contribution in [0, 0.1) is 0 Å². The largest absolute Gasteiger partial charge is 0.260 e. The summed E-state index contributed by atoms with van der Waals surface area (Å²) in [5.74, 6) is 0.887. The summed E-state index contributed by atoms with van der Waals surface area (Å²) in [5, 5.41) is 0. The molecule has 0 aromatic carbocycles. The summed E-state index contributed by atoms with van der Waals surface area (Å²) >= 11 is 0. The third-order valence-electron chi connectivity index (χ3n) is 3.69. The summed E-state index contributed by atoms with van der Waals surface area (Å²) in [6.45, 7) is 2.27. The molecule has 0 aromatic heterocycles. The molecule has 0 radical (unpaired) electrons. The van der Waals surface area contributed by atoms with E-state index in [1.165, 1.54) is 77.0 Å². The van der Waals surface area contributed by atoms with Gasteiger partial charge in [-0.15, -0.1) is 0 Å². The van der Waals surface area contributed by atoms with E-state index in [4.69, 9.17) is 0 Å². The lowest BCUT2D eigenvalue weighted by molar-refractivity contribution is 0.610. The van der Waals surface area contributed by atoms with Crippen molar-refractivity contribution in [2.75, 3.05) is 12.0 Å². The van der Waals surface area contributed by atoms with E-state index in [1.807, 2.05) is 0 Å². The highest BCUT2D eigenvalue weighted by Crippen LogP contribution is 2.09. The Kier molecular flexibility index (Phi) is 16.8. The molecule has 0 spiro atoms. The van der Waals surface area contributed by atoms with Gasteiger partial charge in [-0.3, -0.25) is 4.21 Å². The molecule has 0 N–H and O–H groups in total. The minimum Gasteiger partial charge on any atom is -0.260 e. The molecule has 0 aliphatic heterocycles. The number of allylic oxidation sites excluding steroid dienone is 2. The third kappa shape index (κ3) is 17.9. The van der Waals surface area contributed by atoms with Gasteiger partial charge in [0.05, 0.1) is 0 Å². The van der Waals surface area contributed by atoms with E-state index in [0.717, 1.165) is 12.2 Å². The minimum absolute atomic E-state index is 0.594. The van der Waals surface area contributed by atoms with Crippen molar-refractivity contribution in [3.05, 3.63) is 12.2 Å². The Bertz CT molecular complexity index is 236. The summed E-state index contributed by atoms with van der Waals surface area (Å²) in [7, 11) is -0.594. The number of unbranched alkanes of at least 4 members (excludes halogenated alkanes) is 11. The van der Waals surface area contributed by atoms with E-state index in [0.29, 0.717) is 0 Å². The maximum absolute atomic E-state index is 10.9. The Labute approximate surface area is 130 Å². The predicted octanol–water partition coefficient (Wildman–Crippen LogP) is 6.01.